The minimum Gasteiger partial charge on any atom is -0.394 e. The molecule has 0 aromatic heterocycles. The van der Waals surface area contributed by atoms with E-state index in [2.05, 4.69) is 0 Å². The van der Waals surface area contributed by atoms with Crippen LogP contribution in [-0.2, 0) is 4.79 Å². The Morgan fingerprint density at radius 1 is 1.67 bits per heavy atom. The summed E-state index contributed by atoms with van der Waals surface area (Å²) in [5, 5.41) is 18.3. The second kappa shape index (κ2) is 6.13. The normalized spacial score (nSPS) is 32.9. The van der Waals surface area contributed by atoms with Crippen LogP contribution in [0.1, 0.15) is 19.8 Å². The van der Waals surface area contributed by atoms with Crippen LogP contribution in [0.5, 0.6) is 0 Å². The fourth-order valence-electron chi connectivity index (χ4n) is 1.86. The molecule has 0 bridgehead atoms. The van der Waals surface area contributed by atoms with Gasteiger partial charge in [0, 0.05) is 0 Å². The van der Waals surface area contributed by atoms with Crippen molar-refractivity contribution >= 4 is 29.3 Å². The average Bonchev–Trinajstić information content (AvgIpc) is 2.61. The van der Waals surface area contributed by atoms with E-state index in [1.165, 1.54) is 0 Å². The molecule has 1 saturated heterocycles. The van der Waals surface area contributed by atoms with E-state index in [1.807, 2.05) is 6.26 Å². The predicted octanol–water partition coefficient (Wildman–Crippen LogP) is 1.13. The molecule has 0 aromatic rings. The highest BCUT2D eigenvalue weighted by molar-refractivity contribution is 8.17. The van der Waals surface area contributed by atoms with Gasteiger partial charge >= 0.3 is 0 Å². The molecule has 1 aliphatic rings. The monoisotopic (exact) mass is 250 g/mol. The van der Waals surface area contributed by atoms with Gasteiger partial charge in [-0.15, -0.1) is 11.8 Å². The quantitative estimate of drug-likeness (QED) is 0.766. The molecule has 1 heterocycles. The van der Waals surface area contributed by atoms with Crippen LogP contribution in [-0.4, -0.2) is 44.8 Å². The Morgan fingerprint density at radius 2 is 2.33 bits per heavy atom. The molecule has 5 heteroatoms. The number of thioether (sulfide) groups is 2. The van der Waals surface area contributed by atoms with E-state index in [-0.39, 0.29) is 17.6 Å². The van der Waals surface area contributed by atoms with Gasteiger partial charge in [-0.2, -0.15) is 11.8 Å². The summed E-state index contributed by atoms with van der Waals surface area (Å²) in [7, 11) is 0. The van der Waals surface area contributed by atoms with Gasteiger partial charge < -0.3 is 10.2 Å². The van der Waals surface area contributed by atoms with Gasteiger partial charge in [0.1, 0.15) is 5.78 Å². The van der Waals surface area contributed by atoms with Gasteiger partial charge in [-0.25, -0.2) is 0 Å². The van der Waals surface area contributed by atoms with E-state index in [0.717, 1.165) is 6.42 Å². The van der Waals surface area contributed by atoms with E-state index >= 15 is 0 Å². The summed E-state index contributed by atoms with van der Waals surface area (Å²) in [6.45, 7) is 1.44. The van der Waals surface area contributed by atoms with Gasteiger partial charge in [0.25, 0.3) is 0 Å². The number of ketones is 1. The first kappa shape index (κ1) is 13.4. The predicted molar refractivity (Wildman–Crippen MR) is 65.2 cm³/mol. The smallest absolute Gasteiger partial charge is 0.142 e. The standard InChI is InChI=1S/C10H18O3S2/c1-6(12)9-4-7(3-8(13)5-11)10(14-2)15-9/h7-11,13H,3-5H2,1-2H3. The van der Waals surface area contributed by atoms with Crippen LogP contribution >= 0.6 is 23.5 Å². The topological polar surface area (TPSA) is 57.5 Å². The first-order chi connectivity index (χ1) is 7.08. The number of carbonyl (C=O) groups is 1. The lowest BCUT2D eigenvalue weighted by Crippen LogP contribution is -2.20. The summed E-state index contributed by atoms with van der Waals surface area (Å²) in [5.41, 5.74) is 0. The van der Waals surface area contributed by atoms with Crippen molar-refractivity contribution in [3.63, 3.8) is 0 Å². The van der Waals surface area contributed by atoms with Gasteiger partial charge in [-0.1, -0.05) is 0 Å². The molecular formula is C10H18O3S2. The van der Waals surface area contributed by atoms with Crippen molar-refractivity contribution in [2.45, 2.75) is 35.7 Å². The van der Waals surface area contributed by atoms with Crippen LogP contribution in [0.15, 0.2) is 0 Å². The van der Waals surface area contributed by atoms with Crippen LogP contribution in [0.4, 0.5) is 0 Å². The fraction of sp³-hybridized carbons (Fsp3) is 0.900. The van der Waals surface area contributed by atoms with E-state index in [0.29, 0.717) is 16.9 Å². The Morgan fingerprint density at radius 3 is 2.80 bits per heavy atom. The third kappa shape index (κ3) is 3.66. The molecule has 1 fully saturated rings. The van der Waals surface area contributed by atoms with E-state index in [4.69, 9.17) is 5.11 Å². The molecule has 1 aliphatic heterocycles. The molecule has 4 atom stereocenters. The Bertz CT molecular complexity index is 223. The maximum absolute atomic E-state index is 11.3. The summed E-state index contributed by atoms with van der Waals surface area (Å²) < 4.78 is 0.375. The van der Waals surface area contributed by atoms with E-state index in [9.17, 15) is 9.90 Å². The summed E-state index contributed by atoms with van der Waals surface area (Å²) in [6, 6.07) is 0. The largest absolute Gasteiger partial charge is 0.394 e. The number of carbonyl (C=O) groups excluding carboxylic acids is 1. The Hall–Kier alpha value is 0.290. The molecule has 2 N–H and O–H groups in total. The first-order valence-corrected chi connectivity index (χ1v) is 7.29. The number of aliphatic hydroxyl groups excluding tert-OH is 2. The molecule has 3 nitrogen and oxygen atoms in total. The minimum absolute atomic E-state index is 0.0818. The van der Waals surface area contributed by atoms with Crippen molar-refractivity contribution in [2.24, 2.45) is 5.92 Å². The highest BCUT2D eigenvalue weighted by Crippen LogP contribution is 2.45. The van der Waals surface area contributed by atoms with Gasteiger partial charge in [0.05, 0.1) is 22.5 Å². The highest BCUT2D eigenvalue weighted by atomic mass is 32.2. The average molecular weight is 250 g/mol. The van der Waals surface area contributed by atoms with Gasteiger partial charge in [-0.05, 0) is 31.9 Å². The van der Waals surface area contributed by atoms with Gasteiger partial charge in [0.15, 0.2) is 0 Å². The van der Waals surface area contributed by atoms with Crippen molar-refractivity contribution in [1.82, 2.24) is 0 Å². The molecule has 4 unspecified atom stereocenters. The molecule has 1 rings (SSSR count). The molecule has 15 heavy (non-hydrogen) atoms. The third-order valence-corrected chi connectivity index (χ3v) is 5.94. The van der Waals surface area contributed by atoms with Crippen LogP contribution in [0.2, 0.25) is 0 Å². The molecular weight excluding hydrogens is 232 g/mol. The molecule has 0 amide bonds. The number of Topliss-reactive ketones (excluding diaryl/α,β-unsaturated/α-hetero) is 1. The fourth-order valence-corrected chi connectivity index (χ4v) is 4.63. The molecule has 0 radical (unpaired) electrons. The van der Waals surface area contributed by atoms with Crippen molar-refractivity contribution in [2.75, 3.05) is 12.9 Å². The zero-order chi connectivity index (χ0) is 11.4. The van der Waals surface area contributed by atoms with E-state index < -0.39 is 6.10 Å². The third-order valence-electron chi connectivity index (χ3n) is 2.67. The first-order valence-electron chi connectivity index (χ1n) is 5.06. The van der Waals surface area contributed by atoms with Crippen LogP contribution < -0.4 is 0 Å². The summed E-state index contributed by atoms with van der Waals surface area (Å²) in [5.74, 6) is 0.557. The number of hydrogen-bond donors (Lipinski definition) is 2. The minimum atomic E-state index is -0.643. The number of aliphatic hydroxyl groups is 2. The summed E-state index contributed by atoms with van der Waals surface area (Å²) in [6.07, 6.45) is 2.82. The molecule has 88 valence electrons. The lowest BCUT2D eigenvalue weighted by atomic mass is 9.97. The van der Waals surface area contributed by atoms with Crippen molar-refractivity contribution in [3.05, 3.63) is 0 Å². The molecule has 0 spiro atoms. The second-order valence-electron chi connectivity index (χ2n) is 3.91. The molecule has 0 aromatic carbocycles. The lowest BCUT2D eigenvalue weighted by Gasteiger charge is -2.18. The van der Waals surface area contributed by atoms with Gasteiger partial charge in [-0.3, -0.25) is 4.79 Å². The number of rotatable bonds is 5. The second-order valence-corrected chi connectivity index (χ2v) is 6.53. The Balaban J connectivity index is 2.52. The van der Waals surface area contributed by atoms with Crippen LogP contribution in [0, 0.1) is 5.92 Å². The van der Waals surface area contributed by atoms with Crippen molar-refractivity contribution in [1.29, 1.82) is 0 Å². The Kier molecular flexibility index (Phi) is 5.46. The molecule has 0 aliphatic carbocycles. The van der Waals surface area contributed by atoms with Crippen LogP contribution in [0.3, 0.4) is 0 Å². The zero-order valence-electron chi connectivity index (χ0n) is 9.05. The van der Waals surface area contributed by atoms with Crippen LogP contribution in [0.25, 0.3) is 0 Å². The maximum Gasteiger partial charge on any atom is 0.142 e. The van der Waals surface area contributed by atoms with Gasteiger partial charge in [0.2, 0.25) is 0 Å². The highest BCUT2D eigenvalue weighted by Gasteiger charge is 2.37. The molecule has 0 saturated carbocycles. The zero-order valence-corrected chi connectivity index (χ0v) is 10.7. The Labute approximate surface area is 99.0 Å². The van der Waals surface area contributed by atoms with E-state index in [1.54, 1.807) is 30.4 Å². The summed E-state index contributed by atoms with van der Waals surface area (Å²) >= 11 is 3.43. The lowest BCUT2D eigenvalue weighted by molar-refractivity contribution is -0.116. The SMILES string of the molecule is CSC1SC(C(C)=O)CC1CC(O)CO. The van der Waals surface area contributed by atoms with Crippen molar-refractivity contribution in [3.8, 4) is 0 Å². The number of hydrogen-bond acceptors (Lipinski definition) is 5. The van der Waals surface area contributed by atoms with Crippen molar-refractivity contribution < 1.29 is 15.0 Å². The maximum atomic E-state index is 11.3. The summed E-state index contributed by atoms with van der Waals surface area (Å²) in [4.78, 5) is 11.3.